The van der Waals surface area contributed by atoms with E-state index in [2.05, 4.69) is 20.7 Å². The van der Waals surface area contributed by atoms with Crippen LogP contribution in [0.15, 0.2) is 40.9 Å². The molecule has 0 aliphatic rings. The summed E-state index contributed by atoms with van der Waals surface area (Å²) in [5.74, 6) is -0.920. The lowest BCUT2D eigenvalue weighted by molar-refractivity contribution is -0.156. The zero-order valence-corrected chi connectivity index (χ0v) is 14.8. The van der Waals surface area contributed by atoms with Gasteiger partial charge >= 0.3 is 12.4 Å². The van der Waals surface area contributed by atoms with E-state index < -0.39 is 12.4 Å². The number of carbonyl (C=O) groups excluding carboxylic acids is 1. The van der Waals surface area contributed by atoms with Gasteiger partial charge in [0.25, 0.3) is 0 Å². The van der Waals surface area contributed by atoms with Crippen molar-refractivity contribution in [1.29, 1.82) is 10.5 Å². The third-order valence-electron chi connectivity index (χ3n) is 3.24. The van der Waals surface area contributed by atoms with Gasteiger partial charge in [0.1, 0.15) is 11.5 Å². The second kappa shape index (κ2) is 8.93. The zero-order chi connectivity index (χ0) is 19.1. The van der Waals surface area contributed by atoms with Crippen molar-refractivity contribution in [2.75, 3.05) is 6.61 Å². The summed E-state index contributed by atoms with van der Waals surface area (Å²) in [5, 5.41) is 18.1. The molecule has 0 unspecified atom stereocenters. The van der Waals surface area contributed by atoms with Crippen molar-refractivity contribution in [3.63, 3.8) is 0 Å². The van der Waals surface area contributed by atoms with Crippen molar-refractivity contribution in [2.24, 2.45) is 0 Å². The Morgan fingerprint density at radius 3 is 2.38 bits per heavy atom. The first-order valence-corrected chi connectivity index (χ1v) is 8.09. The number of carbonyl (C=O) groups is 1. The first kappa shape index (κ1) is 19.4. The van der Waals surface area contributed by atoms with E-state index in [9.17, 15) is 13.6 Å². The summed E-state index contributed by atoms with van der Waals surface area (Å²) in [5.41, 5.74) is 1.12. The number of halogens is 3. The van der Waals surface area contributed by atoms with Crippen molar-refractivity contribution < 1.29 is 23.0 Å². The first-order chi connectivity index (χ1) is 12.4. The molecule has 2 aromatic rings. The maximum absolute atomic E-state index is 12.2. The van der Waals surface area contributed by atoms with Crippen molar-refractivity contribution >= 4 is 21.9 Å². The Morgan fingerprint density at radius 2 is 1.81 bits per heavy atom. The Balaban J connectivity index is 2.23. The molecule has 0 aliphatic carbocycles. The molecule has 8 heteroatoms. The molecule has 2 aromatic carbocycles. The first-order valence-electron chi connectivity index (χ1n) is 7.30. The van der Waals surface area contributed by atoms with Gasteiger partial charge < -0.3 is 9.47 Å². The maximum atomic E-state index is 12.2. The molecule has 0 amide bonds. The fraction of sp³-hybridized carbons (Fsp3) is 0.167. The summed E-state index contributed by atoms with van der Waals surface area (Å²) in [7, 11) is 0. The summed E-state index contributed by atoms with van der Waals surface area (Å²) in [6.45, 7) is -0.246. The molecule has 26 heavy (non-hydrogen) atoms. The van der Waals surface area contributed by atoms with Gasteiger partial charge in [0.05, 0.1) is 29.9 Å². The Kier molecular flexibility index (Phi) is 6.65. The average molecular weight is 421 g/mol. The number of nitriles is 2. The molecule has 0 aliphatic heterocycles. The van der Waals surface area contributed by atoms with Gasteiger partial charge in [-0.2, -0.15) is 19.3 Å². The van der Waals surface area contributed by atoms with Crippen LogP contribution < -0.4 is 4.74 Å². The Morgan fingerprint density at radius 1 is 1.15 bits per heavy atom. The van der Waals surface area contributed by atoms with E-state index in [0.717, 1.165) is 0 Å². The van der Waals surface area contributed by atoms with Crippen LogP contribution in [0.25, 0.3) is 0 Å². The van der Waals surface area contributed by atoms with Gasteiger partial charge in [-0.3, -0.25) is 0 Å². The molecule has 0 heterocycles. The van der Waals surface area contributed by atoms with Gasteiger partial charge in [-0.1, -0.05) is 22.0 Å². The molecule has 2 rings (SSSR count). The molecular formula is C18H11BrF2N2O3. The predicted octanol–water partition coefficient (Wildman–Crippen LogP) is 4.34. The fourth-order valence-corrected chi connectivity index (χ4v) is 2.65. The topological polar surface area (TPSA) is 83.1 Å². The Hall–Kier alpha value is -2.97. The zero-order valence-electron chi connectivity index (χ0n) is 13.2. The highest BCUT2D eigenvalue weighted by Gasteiger charge is 2.17. The van der Waals surface area contributed by atoms with Gasteiger partial charge in [0.15, 0.2) is 0 Å². The van der Waals surface area contributed by atoms with Crippen LogP contribution in [-0.2, 0) is 16.0 Å². The number of nitrogens with zero attached hydrogens (tertiary/aromatic N) is 2. The molecule has 5 nitrogen and oxygen atoms in total. The summed E-state index contributed by atoms with van der Waals surface area (Å²) < 4.78 is 35.3. The number of alkyl halides is 2. The normalized spacial score (nSPS) is 10.1. The molecule has 0 saturated heterocycles. The van der Waals surface area contributed by atoms with E-state index in [-0.39, 0.29) is 29.9 Å². The minimum Gasteiger partial charge on any atom is -0.461 e. The molecule has 0 spiro atoms. The predicted molar refractivity (Wildman–Crippen MR) is 90.8 cm³/mol. The van der Waals surface area contributed by atoms with Gasteiger partial charge in [-0.25, -0.2) is 4.79 Å². The SMILES string of the molecule is N#Cc1cc(C#N)cc(Oc2cccc(Br)c2CCOC(=O)C(F)F)c1. The third kappa shape index (κ3) is 5.01. The molecular weight excluding hydrogens is 410 g/mol. The molecule has 0 bridgehead atoms. The van der Waals surface area contributed by atoms with E-state index in [0.29, 0.717) is 15.8 Å². The largest absolute Gasteiger partial charge is 0.461 e. The number of rotatable bonds is 6. The molecule has 0 aromatic heterocycles. The van der Waals surface area contributed by atoms with Crippen LogP contribution in [0.2, 0.25) is 0 Å². The lowest BCUT2D eigenvalue weighted by atomic mass is 10.1. The van der Waals surface area contributed by atoms with E-state index in [4.69, 9.17) is 15.3 Å². The van der Waals surface area contributed by atoms with Gasteiger partial charge in [-0.15, -0.1) is 0 Å². The van der Waals surface area contributed by atoms with Crippen LogP contribution in [0.4, 0.5) is 8.78 Å². The van der Waals surface area contributed by atoms with Crippen LogP contribution >= 0.6 is 15.9 Å². The smallest absolute Gasteiger partial charge is 0.373 e. The van der Waals surface area contributed by atoms with Crippen LogP contribution in [0.3, 0.4) is 0 Å². The number of benzene rings is 2. The van der Waals surface area contributed by atoms with Crippen LogP contribution in [-0.4, -0.2) is 19.0 Å². The molecule has 0 saturated carbocycles. The summed E-state index contributed by atoms with van der Waals surface area (Å²) in [4.78, 5) is 10.9. The lowest BCUT2D eigenvalue weighted by Gasteiger charge is -2.13. The average Bonchev–Trinajstić information content (AvgIpc) is 2.63. The van der Waals surface area contributed by atoms with E-state index in [1.807, 2.05) is 12.1 Å². The summed E-state index contributed by atoms with van der Waals surface area (Å²) >= 11 is 3.34. The molecule has 0 radical (unpaired) electrons. The summed E-state index contributed by atoms with van der Waals surface area (Å²) in [6, 6.07) is 13.3. The molecule has 0 atom stereocenters. The number of hydrogen-bond acceptors (Lipinski definition) is 5. The lowest BCUT2D eigenvalue weighted by Crippen LogP contribution is -2.16. The highest BCUT2D eigenvalue weighted by Crippen LogP contribution is 2.32. The number of esters is 1. The second-order valence-corrected chi connectivity index (χ2v) is 5.86. The van der Waals surface area contributed by atoms with Crippen molar-refractivity contribution in [3.05, 3.63) is 57.6 Å². The number of hydrogen-bond donors (Lipinski definition) is 0. The maximum Gasteiger partial charge on any atom is 0.373 e. The second-order valence-electron chi connectivity index (χ2n) is 5.01. The monoisotopic (exact) mass is 420 g/mol. The fourth-order valence-electron chi connectivity index (χ4n) is 2.11. The standard InChI is InChI=1S/C18H11BrF2N2O3/c19-15-2-1-3-16(14(15)4-5-25-18(24)17(20)21)26-13-7-11(9-22)6-12(8-13)10-23/h1-3,6-8,17H,4-5H2. The minimum atomic E-state index is -3.18. The quantitative estimate of drug-likeness (QED) is 0.649. The highest BCUT2D eigenvalue weighted by atomic mass is 79.9. The molecule has 0 fully saturated rings. The van der Waals surface area contributed by atoms with Crippen molar-refractivity contribution in [3.8, 4) is 23.6 Å². The van der Waals surface area contributed by atoms with Gasteiger partial charge in [0.2, 0.25) is 0 Å². The van der Waals surface area contributed by atoms with Crippen LogP contribution in [0.5, 0.6) is 11.5 Å². The summed E-state index contributed by atoms with van der Waals surface area (Å²) in [6.07, 6.45) is -3.04. The van der Waals surface area contributed by atoms with Crippen LogP contribution in [0, 0.1) is 22.7 Å². The van der Waals surface area contributed by atoms with Gasteiger partial charge in [0, 0.05) is 16.5 Å². The Labute approximate surface area is 156 Å². The van der Waals surface area contributed by atoms with E-state index in [1.165, 1.54) is 18.2 Å². The Bertz CT molecular complexity index is 872. The van der Waals surface area contributed by atoms with Crippen molar-refractivity contribution in [1.82, 2.24) is 0 Å². The third-order valence-corrected chi connectivity index (χ3v) is 3.99. The van der Waals surface area contributed by atoms with Crippen molar-refractivity contribution in [2.45, 2.75) is 12.8 Å². The molecule has 132 valence electrons. The minimum absolute atomic E-state index is 0.137. The van der Waals surface area contributed by atoms with E-state index in [1.54, 1.807) is 18.2 Å². The van der Waals surface area contributed by atoms with Gasteiger partial charge in [-0.05, 0) is 30.3 Å². The van der Waals surface area contributed by atoms with Crippen LogP contribution in [0.1, 0.15) is 16.7 Å². The number of ether oxygens (including phenoxy) is 2. The highest BCUT2D eigenvalue weighted by molar-refractivity contribution is 9.10. The van der Waals surface area contributed by atoms with E-state index >= 15 is 0 Å². The molecule has 0 N–H and O–H groups in total.